The van der Waals surface area contributed by atoms with Crippen LogP contribution in [0.25, 0.3) is 11.5 Å². The standard InChI is InChI=1S/C10H10FN3OS/c1-16-5-9-13-10(15-14-9)7-3-2-6(11)4-8(7)12/h2-4H,5,12H2,1H3. The molecule has 0 aliphatic rings. The van der Waals surface area contributed by atoms with Crippen LogP contribution in [-0.4, -0.2) is 16.4 Å². The summed E-state index contributed by atoms with van der Waals surface area (Å²) >= 11 is 1.59. The monoisotopic (exact) mass is 239 g/mol. The van der Waals surface area contributed by atoms with Crippen molar-refractivity contribution in [2.75, 3.05) is 12.0 Å². The lowest BCUT2D eigenvalue weighted by molar-refractivity contribution is 0.425. The van der Waals surface area contributed by atoms with Crippen LogP contribution in [0.4, 0.5) is 10.1 Å². The zero-order chi connectivity index (χ0) is 11.5. The Hall–Kier alpha value is -1.56. The summed E-state index contributed by atoms with van der Waals surface area (Å²) in [6, 6.07) is 4.07. The molecule has 84 valence electrons. The van der Waals surface area contributed by atoms with Crippen LogP contribution in [0.15, 0.2) is 22.7 Å². The number of rotatable bonds is 3. The molecular weight excluding hydrogens is 229 g/mol. The summed E-state index contributed by atoms with van der Waals surface area (Å²) in [5.74, 6) is 1.21. The van der Waals surface area contributed by atoms with Crippen LogP contribution < -0.4 is 5.73 Å². The molecule has 16 heavy (non-hydrogen) atoms. The van der Waals surface area contributed by atoms with Crippen molar-refractivity contribution < 1.29 is 8.91 Å². The number of nitrogens with two attached hydrogens (primary N) is 1. The molecule has 0 saturated heterocycles. The average molecular weight is 239 g/mol. The van der Waals surface area contributed by atoms with Crippen LogP contribution >= 0.6 is 11.8 Å². The van der Waals surface area contributed by atoms with Gasteiger partial charge in [-0.15, -0.1) is 0 Å². The Morgan fingerprint density at radius 1 is 1.50 bits per heavy atom. The van der Waals surface area contributed by atoms with E-state index in [1.54, 1.807) is 11.8 Å². The predicted molar refractivity (Wildman–Crippen MR) is 61.3 cm³/mol. The minimum absolute atomic E-state index is 0.291. The lowest BCUT2D eigenvalue weighted by Crippen LogP contribution is -1.91. The van der Waals surface area contributed by atoms with E-state index < -0.39 is 0 Å². The zero-order valence-corrected chi connectivity index (χ0v) is 9.42. The summed E-state index contributed by atoms with van der Waals surface area (Å²) in [5, 5.41) is 3.79. The van der Waals surface area contributed by atoms with Gasteiger partial charge in [0.15, 0.2) is 5.82 Å². The Balaban J connectivity index is 2.35. The maximum absolute atomic E-state index is 12.8. The van der Waals surface area contributed by atoms with E-state index in [1.165, 1.54) is 18.2 Å². The molecule has 0 spiro atoms. The van der Waals surface area contributed by atoms with Crippen molar-refractivity contribution in [3.8, 4) is 11.5 Å². The van der Waals surface area contributed by atoms with Gasteiger partial charge in [0.1, 0.15) is 5.82 Å². The summed E-state index contributed by atoms with van der Waals surface area (Å²) in [7, 11) is 0. The molecule has 0 amide bonds. The van der Waals surface area contributed by atoms with Crippen LogP contribution in [-0.2, 0) is 5.75 Å². The molecule has 4 nitrogen and oxygen atoms in total. The number of anilines is 1. The number of benzene rings is 1. The molecule has 1 aromatic carbocycles. The fourth-order valence-electron chi connectivity index (χ4n) is 1.28. The molecule has 0 bridgehead atoms. The molecule has 2 rings (SSSR count). The first-order valence-electron chi connectivity index (χ1n) is 4.57. The molecule has 1 heterocycles. The van der Waals surface area contributed by atoms with Gasteiger partial charge in [-0.25, -0.2) is 4.39 Å². The van der Waals surface area contributed by atoms with Gasteiger partial charge in [-0.2, -0.15) is 16.7 Å². The van der Waals surface area contributed by atoms with E-state index in [4.69, 9.17) is 10.3 Å². The second-order valence-electron chi connectivity index (χ2n) is 3.18. The first-order chi connectivity index (χ1) is 7.70. The predicted octanol–water partition coefficient (Wildman–Crippen LogP) is 2.32. The second-order valence-corrected chi connectivity index (χ2v) is 4.05. The van der Waals surface area contributed by atoms with E-state index in [9.17, 15) is 4.39 Å². The number of hydrogen-bond acceptors (Lipinski definition) is 5. The number of aromatic nitrogens is 2. The van der Waals surface area contributed by atoms with Crippen molar-refractivity contribution in [3.63, 3.8) is 0 Å². The van der Waals surface area contributed by atoms with E-state index in [0.29, 0.717) is 28.7 Å². The number of halogens is 1. The molecule has 0 saturated carbocycles. The van der Waals surface area contributed by atoms with Crippen LogP contribution in [0.5, 0.6) is 0 Å². The first-order valence-corrected chi connectivity index (χ1v) is 5.97. The third-order valence-corrected chi connectivity index (χ3v) is 2.53. The summed E-state index contributed by atoms with van der Waals surface area (Å²) in [6.45, 7) is 0. The molecule has 2 aromatic rings. The molecule has 0 radical (unpaired) electrons. The minimum atomic E-state index is -0.384. The molecule has 0 unspecified atom stereocenters. The lowest BCUT2D eigenvalue weighted by atomic mass is 10.2. The number of thioether (sulfide) groups is 1. The van der Waals surface area contributed by atoms with Crippen molar-refractivity contribution in [2.24, 2.45) is 0 Å². The summed E-state index contributed by atoms with van der Waals surface area (Å²) in [6.07, 6.45) is 1.95. The van der Waals surface area contributed by atoms with Crippen molar-refractivity contribution in [1.82, 2.24) is 10.1 Å². The van der Waals surface area contributed by atoms with E-state index in [-0.39, 0.29) is 5.82 Å². The number of hydrogen-bond donors (Lipinski definition) is 1. The molecule has 0 fully saturated rings. The fourth-order valence-corrected chi connectivity index (χ4v) is 1.65. The highest BCUT2D eigenvalue weighted by Crippen LogP contribution is 2.25. The van der Waals surface area contributed by atoms with E-state index >= 15 is 0 Å². The molecule has 0 aliphatic heterocycles. The van der Waals surface area contributed by atoms with E-state index in [0.717, 1.165) is 0 Å². The van der Waals surface area contributed by atoms with Gasteiger partial charge in [-0.05, 0) is 24.5 Å². The van der Waals surface area contributed by atoms with Crippen molar-refractivity contribution in [2.45, 2.75) is 5.75 Å². The number of nitrogen functional groups attached to an aromatic ring is 1. The maximum atomic E-state index is 12.8. The van der Waals surface area contributed by atoms with Crippen molar-refractivity contribution in [1.29, 1.82) is 0 Å². The normalized spacial score (nSPS) is 10.6. The fraction of sp³-hybridized carbons (Fsp3) is 0.200. The molecule has 6 heteroatoms. The van der Waals surface area contributed by atoms with Crippen LogP contribution in [0.2, 0.25) is 0 Å². The minimum Gasteiger partial charge on any atom is -0.398 e. The third-order valence-electron chi connectivity index (χ3n) is 1.99. The van der Waals surface area contributed by atoms with Gasteiger partial charge in [0.25, 0.3) is 5.89 Å². The zero-order valence-electron chi connectivity index (χ0n) is 8.61. The average Bonchev–Trinajstić information content (AvgIpc) is 2.67. The third kappa shape index (κ3) is 2.16. The Kier molecular flexibility index (Phi) is 3.09. The smallest absolute Gasteiger partial charge is 0.260 e. The Bertz CT molecular complexity index is 501. The van der Waals surface area contributed by atoms with Gasteiger partial charge in [0, 0.05) is 5.69 Å². The molecular formula is C10H10FN3OS. The van der Waals surface area contributed by atoms with Crippen LogP contribution in [0.1, 0.15) is 5.82 Å². The van der Waals surface area contributed by atoms with Gasteiger partial charge in [-0.3, -0.25) is 0 Å². The van der Waals surface area contributed by atoms with E-state index in [1.807, 2.05) is 6.26 Å². The molecule has 1 aromatic heterocycles. The van der Waals surface area contributed by atoms with Crippen LogP contribution in [0, 0.1) is 5.82 Å². The van der Waals surface area contributed by atoms with Crippen molar-refractivity contribution >= 4 is 17.4 Å². The SMILES string of the molecule is CSCc1noc(-c2ccc(F)cc2N)n1. The lowest BCUT2D eigenvalue weighted by Gasteiger charge is -1.99. The molecule has 2 N–H and O–H groups in total. The topological polar surface area (TPSA) is 64.9 Å². The van der Waals surface area contributed by atoms with Crippen molar-refractivity contribution in [3.05, 3.63) is 29.8 Å². The van der Waals surface area contributed by atoms with Gasteiger partial charge < -0.3 is 10.3 Å². The highest BCUT2D eigenvalue weighted by atomic mass is 32.2. The Morgan fingerprint density at radius 2 is 2.31 bits per heavy atom. The summed E-state index contributed by atoms with van der Waals surface area (Å²) < 4.78 is 17.9. The molecule has 0 aliphatic carbocycles. The summed E-state index contributed by atoms with van der Waals surface area (Å²) in [4.78, 5) is 4.16. The summed E-state index contributed by atoms with van der Waals surface area (Å²) in [5.41, 5.74) is 6.51. The quantitative estimate of drug-likeness (QED) is 0.833. The van der Waals surface area contributed by atoms with E-state index in [2.05, 4.69) is 10.1 Å². The second kappa shape index (κ2) is 4.52. The van der Waals surface area contributed by atoms with Gasteiger partial charge in [0.2, 0.25) is 0 Å². The Labute approximate surface area is 96.0 Å². The van der Waals surface area contributed by atoms with Gasteiger partial charge >= 0.3 is 0 Å². The maximum Gasteiger partial charge on any atom is 0.260 e. The van der Waals surface area contributed by atoms with Crippen LogP contribution in [0.3, 0.4) is 0 Å². The first kappa shape index (κ1) is 10.9. The molecule has 0 atom stereocenters. The highest BCUT2D eigenvalue weighted by molar-refractivity contribution is 7.97. The largest absolute Gasteiger partial charge is 0.398 e. The highest BCUT2D eigenvalue weighted by Gasteiger charge is 2.11. The van der Waals surface area contributed by atoms with Gasteiger partial charge in [0.05, 0.1) is 11.3 Å². The number of nitrogens with zero attached hydrogens (tertiary/aromatic N) is 2. The van der Waals surface area contributed by atoms with Gasteiger partial charge in [-0.1, -0.05) is 5.16 Å². The Morgan fingerprint density at radius 3 is 3.00 bits per heavy atom.